The Bertz CT molecular complexity index is 650. The van der Waals surface area contributed by atoms with E-state index in [4.69, 9.17) is 10.00 Å². The van der Waals surface area contributed by atoms with Gasteiger partial charge in [-0.2, -0.15) is 5.26 Å². The Balaban J connectivity index is 1.58. The Labute approximate surface area is 125 Å². The minimum absolute atomic E-state index is 0.214. The molecule has 1 aliphatic heterocycles. The molecule has 0 spiro atoms. The highest BCUT2D eigenvalue weighted by Gasteiger charge is 2.23. The summed E-state index contributed by atoms with van der Waals surface area (Å²) in [7, 11) is 2.09. The third-order valence-electron chi connectivity index (χ3n) is 3.74. The second kappa shape index (κ2) is 5.99. The van der Waals surface area contributed by atoms with E-state index in [1.807, 2.05) is 30.3 Å². The Hall–Kier alpha value is -2.31. The van der Waals surface area contributed by atoms with Gasteiger partial charge in [-0.05, 0) is 36.4 Å². The highest BCUT2D eigenvalue weighted by atomic mass is 16.5. The third kappa shape index (κ3) is 3.24. The number of hydrogen-bond donors (Lipinski definition) is 0. The monoisotopic (exact) mass is 278 g/mol. The minimum Gasteiger partial charge on any atom is -0.488 e. The van der Waals surface area contributed by atoms with Gasteiger partial charge in [0.1, 0.15) is 11.9 Å². The van der Waals surface area contributed by atoms with Crippen LogP contribution in [0.15, 0.2) is 48.5 Å². The van der Waals surface area contributed by atoms with Crippen LogP contribution in [0.25, 0.3) is 0 Å². The van der Waals surface area contributed by atoms with Crippen molar-refractivity contribution in [2.75, 3.05) is 13.6 Å². The smallest absolute Gasteiger partial charge is 0.123 e. The van der Waals surface area contributed by atoms with Gasteiger partial charge < -0.3 is 4.74 Å². The summed E-state index contributed by atoms with van der Waals surface area (Å²) in [6.07, 6.45) is 1.19. The van der Waals surface area contributed by atoms with Crippen molar-refractivity contribution in [1.82, 2.24) is 4.90 Å². The van der Waals surface area contributed by atoms with Crippen LogP contribution in [0.1, 0.15) is 16.7 Å². The Kier molecular flexibility index (Phi) is 3.89. The van der Waals surface area contributed by atoms with Gasteiger partial charge >= 0.3 is 0 Å². The molecule has 0 fully saturated rings. The number of benzene rings is 2. The number of rotatable bonds is 4. The van der Waals surface area contributed by atoms with Crippen LogP contribution < -0.4 is 4.74 Å². The number of nitrogens with zero attached hydrogens (tertiary/aromatic N) is 2. The van der Waals surface area contributed by atoms with Crippen molar-refractivity contribution in [3.05, 3.63) is 65.2 Å². The molecule has 1 unspecified atom stereocenters. The highest BCUT2D eigenvalue weighted by molar-refractivity contribution is 5.37. The standard InChI is InChI=1S/C18H18N2O/c1-20(12-15-6-4-5-14(9-15)11-19)13-17-10-16-7-2-3-8-18(16)21-17/h2-9,17H,10,12-13H2,1H3. The predicted octanol–water partition coefficient (Wildman–Crippen LogP) is 2.99. The number of ether oxygens (including phenoxy) is 1. The molecule has 3 heteroatoms. The zero-order valence-electron chi connectivity index (χ0n) is 12.1. The molecule has 21 heavy (non-hydrogen) atoms. The van der Waals surface area contributed by atoms with E-state index in [-0.39, 0.29) is 6.10 Å². The van der Waals surface area contributed by atoms with Crippen LogP contribution in [0.2, 0.25) is 0 Å². The van der Waals surface area contributed by atoms with Crippen molar-refractivity contribution in [2.45, 2.75) is 19.1 Å². The molecule has 2 aromatic carbocycles. The van der Waals surface area contributed by atoms with Crippen LogP contribution in [0.3, 0.4) is 0 Å². The molecule has 0 aliphatic carbocycles. The fraction of sp³-hybridized carbons (Fsp3) is 0.278. The van der Waals surface area contributed by atoms with E-state index >= 15 is 0 Å². The molecule has 3 nitrogen and oxygen atoms in total. The van der Waals surface area contributed by atoms with E-state index in [1.54, 1.807) is 0 Å². The van der Waals surface area contributed by atoms with Crippen LogP contribution in [0.4, 0.5) is 0 Å². The highest BCUT2D eigenvalue weighted by Crippen LogP contribution is 2.28. The van der Waals surface area contributed by atoms with Crippen LogP contribution >= 0.6 is 0 Å². The second-order valence-corrected chi connectivity index (χ2v) is 5.56. The minimum atomic E-state index is 0.214. The van der Waals surface area contributed by atoms with Crippen molar-refractivity contribution >= 4 is 0 Å². The fourth-order valence-electron chi connectivity index (χ4n) is 2.82. The number of para-hydroxylation sites is 1. The molecular formula is C18H18N2O. The largest absolute Gasteiger partial charge is 0.488 e. The topological polar surface area (TPSA) is 36.3 Å². The number of nitriles is 1. The van der Waals surface area contributed by atoms with Crippen LogP contribution in [0, 0.1) is 11.3 Å². The lowest BCUT2D eigenvalue weighted by Crippen LogP contribution is -2.31. The summed E-state index contributed by atoms with van der Waals surface area (Å²) in [5.41, 5.74) is 3.17. The summed E-state index contributed by atoms with van der Waals surface area (Å²) in [6.45, 7) is 1.71. The molecule has 1 aliphatic rings. The summed E-state index contributed by atoms with van der Waals surface area (Å²) in [4.78, 5) is 2.24. The van der Waals surface area contributed by atoms with Crippen molar-refractivity contribution in [2.24, 2.45) is 0 Å². The lowest BCUT2D eigenvalue weighted by Gasteiger charge is -2.20. The number of likely N-dealkylation sites (N-methyl/N-ethyl adjacent to an activating group) is 1. The molecule has 2 aromatic rings. The molecule has 0 amide bonds. The zero-order chi connectivity index (χ0) is 14.7. The number of hydrogen-bond acceptors (Lipinski definition) is 3. The Morgan fingerprint density at radius 3 is 2.90 bits per heavy atom. The van der Waals surface area contributed by atoms with Gasteiger partial charge in [-0.1, -0.05) is 30.3 Å². The molecule has 1 heterocycles. The van der Waals surface area contributed by atoms with E-state index in [0.717, 1.165) is 30.8 Å². The van der Waals surface area contributed by atoms with E-state index < -0.39 is 0 Å². The molecular weight excluding hydrogens is 260 g/mol. The molecule has 0 aromatic heterocycles. The van der Waals surface area contributed by atoms with Gasteiger partial charge in [0, 0.05) is 19.5 Å². The van der Waals surface area contributed by atoms with Gasteiger partial charge in [0.05, 0.1) is 11.6 Å². The number of fused-ring (bicyclic) bond motifs is 1. The van der Waals surface area contributed by atoms with E-state index in [9.17, 15) is 0 Å². The molecule has 0 radical (unpaired) electrons. The molecule has 0 bridgehead atoms. The van der Waals surface area contributed by atoms with Gasteiger partial charge in [0.2, 0.25) is 0 Å². The summed E-state index contributed by atoms with van der Waals surface area (Å²) < 4.78 is 5.97. The van der Waals surface area contributed by atoms with Crippen molar-refractivity contribution in [3.63, 3.8) is 0 Å². The fourth-order valence-corrected chi connectivity index (χ4v) is 2.82. The van der Waals surface area contributed by atoms with E-state index in [1.165, 1.54) is 5.56 Å². The second-order valence-electron chi connectivity index (χ2n) is 5.56. The molecule has 0 N–H and O–H groups in total. The summed E-state index contributed by atoms with van der Waals surface area (Å²) in [6, 6.07) is 18.2. The van der Waals surface area contributed by atoms with E-state index in [0.29, 0.717) is 5.56 Å². The van der Waals surface area contributed by atoms with Crippen LogP contribution in [0.5, 0.6) is 5.75 Å². The first kappa shape index (κ1) is 13.7. The summed E-state index contributed by atoms with van der Waals surface area (Å²) >= 11 is 0. The molecule has 1 atom stereocenters. The first-order valence-electron chi connectivity index (χ1n) is 7.17. The molecule has 0 saturated carbocycles. The maximum Gasteiger partial charge on any atom is 0.123 e. The van der Waals surface area contributed by atoms with Gasteiger partial charge in [0.15, 0.2) is 0 Å². The van der Waals surface area contributed by atoms with E-state index in [2.05, 4.69) is 36.2 Å². The average molecular weight is 278 g/mol. The van der Waals surface area contributed by atoms with Crippen molar-refractivity contribution in [3.8, 4) is 11.8 Å². The quantitative estimate of drug-likeness (QED) is 0.862. The van der Waals surface area contributed by atoms with Crippen LogP contribution in [-0.4, -0.2) is 24.6 Å². The van der Waals surface area contributed by atoms with Crippen LogP contribution in [-0.2, 0) is 13.0 Å². The maximum atomic E-state index is 8.94. The van der Waals surface area contributed by atoms with Gasteiger partial charge in [0.25, 0.3) is 0 Å². The Morgan fingerprint density at radius 1 is 1.24 bits per heavy atom. The molecule has 106 valence electrons. The lowest BCUT2D eigenvalue weighted by atomic mass is 10.1. The first-order chi connectivity index (χ1) is 10.2. The average Bonchev–Trinajstić information content (AvgIpc) is 2.89. The van der Waals surface area contributed by atoms with Crippen molar-refractivity contribution in [1.29, 1.82) is 5.26 Å². The molecule has 0 saturated heterocycles. The zero-order valence-corrected chi connectivity index (χ0v) is 12.1. The predicted molar refractivity (Wildman–Crippen MR) is 82.1 cm³/mol. The Morgan fingerprint density at radius 2 is 2.10 bits per heavy atom. The lowest BCUT2D eigenvalue weighted by molar-refractivity contribution is 0.165. The first-order valence-corrected chi connectivity index (χ1v) is 7.17. The third-order valence-corrected chi connectivity index (χ3v) is 3.74. The summed E-state index contributed by atoms with van der Waals surface area (Å²) in [5, 5.41) is 8.94. The normalized spacial score (nSPS) is 16.3. The van der Waals surface area contributed by atoms with Crippen molar-refractivity contribution < 1.29 is 4.74 Å². The van der Waals surface area contributed by atoms with Gasteiger partial charge in [-0.15, -0.1) is 0 Å². The van der Waals surface area contributed by atoms with Gasteiger partial charge in [-0.25, -0.2) is 0 Å². The maximum absolute atomic E-state index is 8.94. The SMILES string of the molecule is CN(Cc1cccc(C#N)c1)CC1Cc2ccccc2O1. The van der Waals surface area contributed by atoms with Gasteiger partial charge in [-0.3, -0.25) is 4.90 Å². The summed E-state index contributed by atoms with van der Waals surface area (Å²) in [5.74, 6) is 1.02. The molecule has 3 rings (SSSR count).